The van der Waals surface area contributed by atoms with Crippen LogP contribution >= 0.6 is 0 Å². The molecule has 2 bridgehead atoms. The molecule has 8 N–H and O–H groups in total. The van der Waals surface area contributed by atoms with Crippen molar-refractivity contribution < 1.29 is 38.1 Å². The average molecular weight is 870 g/mol. The van der Waals surface area contributed by atoms with Crippen molar-refractivity contribution in [2.24, 2.45) is 28.7 Å². The molecule has 5 fully saturated rings. The Morgan fingerprint density at radius 2 is 1.54 bits per heavy atom. The topological polar surface area (TPSA) is 224 Å². The summed E-state index contributed by atoms with van der Waals surface area (Å²) in [6.07, 6.45) is 7.15. The Labute approximate surface area is 372 Å². The Kier molecular flexibility index (Phi) is 15.4. The summed E-state index contributed by atoms with van der Waals surface area (Å²) in [6.45, 7) is 12.7. The van der Waals surface area contributed by atoms with E-state index in [0.29, 0.717) is 62.6 Å². The molecule has 2 heterocycles. The van der Waals surface area contributed by atoms with Crippen LogP contribution in [0.3, 0.4) is 0 Å². The highest BCUT2D eigenvalue weighted by Gasteiger charge is 2.68. The summed E-state index contributed by atoms with van der Waals surface area (Å²) >= 11 is 0. The van der Waals surface area contributed by atoms with Gasteiger partial charge in [0.1, 0.15) is 24.2 Å². The fraction of sp³-hybridized carbons (Fsp3) is 0.617. The largest absolute Gasteiger partial charge is 0.481 e. The number of likely N-dealkylation sites (tertiary alicyclic amines) is 1. The first-order valence-corrected chi connectivity index (χ1v) is 23.0. The molecule has 0 spiro atoms. The van der Waals surface area contributed by atoms with Gasteiger partial charge in [-0.1, -0.05) is 63.6 Å². The van der Waals surface area contributed by atoms with E-state index in [4.69, 9.17) is 20.8 Å². The van der Waals surface area contributed by atoms with Gasteiger partial charge in [0.05, 0.1) is 24.1 Å². The molecule has 9 atom stereocenters. The maximum atomic E-state index is 14.1. The van der Waals surface area contributed by atoms with E-state index in [1.807, 2.05) is 12.1 Å². The van der Waals surface area contributed by atoms with Gasteiger partial charge in [0.15, 0.2) is 0 Å². The number of benzene rings is 2. The van der Waals surface area contributed by atoms with Crippen LogP contribution < -0.4 is 32.7 Å². The second kappa shape index (κ2) is 20.4. The predicted molar refractivity (Wildman–Crippen MR) is 240 cm³/mol. The number of hydrogen-bond donors (Lipinski definition) is 6. The first kappa shape index (κ1) is 47.7. The normalized spacial score (nSPS) is 25.1. The molecular weight excluding hydrogens is 801 g/mol. The molecule has 3 saturated carbocycles. The Bertz CT molecular complexity index is 1980. The SMILES string of the molecule is CCCCc1ccc(-c2ccc(C(=O)N[C@@H](CCCCN)C(=O)N3CCC[C@H]3C(=O)N[C@@H](C)C(=O)N[C@@H](CC(N)=O)C(=O)N[C@@H](C)B3OC4C[C@@H]5C[C@@H](C5(C)C)[C@]4(C)O3)cc2)cc1. The van der Waals surface area contributed by atoms with Crippen molar-refractivity contribution in [3.8, 4) is 11.1 Å². The lowest BCUT2D eigenvalue weighted by Crippen LogP contribution is -2.65. The number of unbranched alkanes of at least 4 members (excludes halogenated alkanes) is 2. The lowest BCUT2D eigenvalue weighted by Gasteiger charge is -2.64. The molecule has 63 heavy (non-hydrogen) atoms. The maximum absolute atomic E-state index is 14.1. The van der Waals surface area contributed by atoms with Crippen molar-refractivity contribution in [2.75, 3.05) is 13.1 Å². The summed E-state index contributed by atoms with van der Waals surface area (Å²) in [6, 6.07) is 11.4. The fourth-order valence-electron chi connectivity index (χ4n) is 10.1. The van der Waals surface area contributed by atoms with Gasteiger partial charge < -0.3 is 46.9 Å². The van der Waals surface area contributed by atoms with Gasteiger partial charge in [-0.05, 0) is 131 Å². The molecule has 5 aliphatic rings. The van der Waals surface area contributed by atoms with E-state index in [9.17, 15) is 28.8 Å². The molecule has 0 aromatic heterocycles. The number of nitrogens with zero attached hydrogens (tertiary/aromatic N) is 1. The maximum Gasteiger partial charge on any atom is 0.481 e. The van der Waals surface area contributed by atoms with Gasteiger partial charge in [0, 0.05) is 12.1 Å². The van der Waals surface area contributed by atoms with Gasteiger partial charge in [-0.3, -0.25) is 28.8 Å². The standard InChI is InChI=1S/C47H68BN7O8/c1-7-8-12-30-15-17-31(18-16-30)32-19-21-33(22-20-32)42(58)53-35(13-9-10-23-49)45(61)55-24-11-14-37(55)44(60)51-28(2)41(57)54-36(27-40(50)56)43(59)52-29(3)48-62-39-26-34-25-38(46(34,4)5)47(39,6)63-48/h15-22,28-29,34-39H,7-14,23-27,49H2,1-6H3,(H2,50,56)(H,51,60)(H,52,59)(H,53,58)(H,54,57)/t28-,29-,34-,35-,36-,37-,38-,39?,47-/m0/s1. The predicted octanol–water partition coefficient (Wildman–Crippen LogP) is 3.55. The second-order valence-corrected chi connectivity index (χ2v) is 19.0. The molecule has 2 aromatic rings. The van der Waals surface area contributed by atoms with Gasteiger partial charge in [-0.2, -0.15) is 0 Å². The Morgan fingerprint density at radius 1 is 0.857 bits per heavy atom. The Balaban J connectivity index is 1.03. The van der Waals surface area contributed by atoms with E-state index in [0.717, 1.165) is 43.2 Å². The second-order valence-electron chi connectivity index (χ2n) is 19.0. The van der Waals surface area contributed by atoms with Crippen LogP contribution in [-0.4, -0.2) is 102 Å². The van der Waals surface area contributed by atoms with Gasteiger partial charge in [-0.25, -0.2) is 0 Å². The van der Waals surface area contributed by atoms with Gasteiger partial charge in [0.25, 0.3) is 5.91 Å². The van der Waals surface area contributed by atoms with E-state index in [-0.39, 0.29) is 11.5 Å². The number of carbonyl (C=O) groups is 6. The minimum atomic E-state index is -1.33. The number of amides is 6. The van der Waals surface area contributed by atoms with Crippen LogP contribution in [0.1, 0.15) is 122 Å². The lowest BCUT2D eigenvalue weighted by atomic mass is 9.43. The lowest BCUT2D eigenvalue weighted by molar-refractivity contribution is -0.199. The van der Waals surface area contributed by atoms with E-state index < -0.39 is 84.7 Å². The number of hydrogen-bond acceptors (Lipinski definition) is 9. The van der Waals surface area contributed by atoms with Gasteiger partial charge >= 0.3 is 7.12 Å². The zero-order valence-electron chi connectivity index (χ0n) is 37.9. The number of nitrogens with one attached hydrogen (secondary N) is 4. The van der Waals surface area contributed by atoms with Crippen LogP contribution in [0.15, 0.2) is 48.5 Å². The highest BCUT2D eigenvalue weighted by Crippen LogP contribution is 2.65. The van der Waals surface area contributed by atoms with Crippen molar-refractivity contribution in [2.45, 2.75) is 154 Å². The third-order valence-corrected chi connectivity index (χ3v) is 14.2. The number of nitrogens with two attached hydrogens (primary N) is 2. The number of rotatable bonds is 20. The number of primary amides is 1. The van der Waals surface area contributed by atoms with E-state index in [1.54, 1.807) is 19.1 Å². The molecule has 15 nitrogen and oxygen atoms in total. The first-order chi connectivity index (χ1) is 30.0. The van der Waals surface area contributed by atoms with Crippen LogP contribution in [0.4, 0.5) is 0 Å². The molecule has 7 rings (SSSR count). The molecule has 342 valence electrons. The van der Waals surface area contributed by atoms with Crippen LogP contribution in [0.2, 0.25) is 0 Å². The van der Waals surface area contributed by atoms with Gasteiger partial charge in [0.2, 0.25) is 29.5 Å². The quantitative estimate of drug-likeness (QED) is 0.0845. The highest BCUT2D eigenvalue weighted by molar-refractivity contribution is 6.47. The van der Waals surface area contributed by atoms with E-state index in [1.165, 1.54) is 17.4 Å². The third kappa shape index (κ3) is 10.8. The minimum Gasteiger partial charge on any atom is -0.404 e. The van der Waals surface area contributed by atoms with E-state index >= 15 is 0 Å². The van der Waals surface area contributed by atoms with Crippen molar-refractivity contribution in [3.63, 3.8) is 0 Å². The Morgan fingerprint density at radius 3 is 2.17 bits per heavy atom. The van der Waals surface area contributed by atoms with Gasteiger partial charge in [-0.15, -0.1) is 0 Å². The smallest absolute Gasteiger partial charge is 0.404 e. The molecule has 16 heteroatoms. The molecule has 6 amide bonds. The van der Waals surface area contributed by atoms with Crippen LogP contribution in [-0.2, 0) is 39.7 Å². The molecular formula is C47H68BN7O8. The van der Waals surface area contributed by atoms with Crippen molar-refractivity contribution in [1.82, 2.24) is 26.2 Å². The van der Waals surface area contributed by atoms with Crippen molar-refractivity contribution in [3.05, 3.63) is 59.7 Å². The monoisotopic (exact) mass is 870 g/mol. The summed E-state index contributed by atoms with van der Waals surface area (Å²) in [5.74, 6) is -3.26. The Hall–Kier alpha value is -4.80. The summed E-state index contributed by atoms with van der Waals surface area (Å²) in [5.41, 5.74) is 14.6. The van der Waals surface area contributed by atoms with Crippen molar-refractivity contribution >= 4 is 42.6 Å². The third-order valence-electron chi connectivity index (χ3n) is 14.2. The fourth-order valence-corrected chi connectivity index (χ4v) is 10.1. The van der Waals surface area contributed by atoms with Crippen LogP contribution in [0, 0.1) is 17.3 Å². The van der Waals surface area contributed by atoms with Crippen molar-refractivity contribution in [1.29, 1.82) is 0 Å². The van der Waals surface area contributed by atoms with Crippen LogP contribution in [0.25, 0.3) is 11.1 Å². The molecule has 0 radical (unpaired) electrons. The molecule has 1 unspecified atom stereocenters. The minimum absolute atomic E-state index is 0.0939. The highest BCUT2D eigenvalue weighted by atomic mass is 16.7. The first-order valence-electron chi connectivity index (χ1n) is 23.0. The summed E-state index contributed by atoms with van der Waals surface area (Å²) in [4.78, 5) is 82.0. The average Bonchev–Trinajstić information content (AvgIpc) is 3.90. The summed E-state index contributed by atoms with van der Waals surface area (Å²) < 4.78 is 12.8. The number of aryl methyl sites for hydroxylation is 1. The zero-order chi connectivity index (χ0) is 45.6. The molecule has 2 saturated heterocycles. The molecule has 2 aromatic carbocycles. The van der Waals surface area contributed by atoms with E-state index in [2.05, 4.69) is 73.2 Å². The summed E-state index contributed by atoms with van der Waals surface area (Å²) in [5, 5.41) is 11.0. The summed E-state index contributed by atoms with van der Waals surface area (Å²) in [7, 11) is -0.719. The zero-order valence-corrected chi connectivity index (χ0v) is 37.9. The molecule has 2 aliphatic heterocycles. The van der Waals surface area contributed by atoms with Crippen LogP contribution in [0.5, 0.6) is 0 Å². The molecule has 3 aliphatic carbocycles. The number of carbonyl (C=O) groups excluding carboxylic acids is 6.